The fourth-order valence-electron chi connectivity index (χ4n) is 3.19. The van der Waals surface area contributed by atoms with E-state index in [9.17, 15) is 0 Å². The summed E-state index contributed by atoms with van der Waals surface area (Å²) >= 11 is 0. The lowest BCUT2D eigenvalue weighted by molar-refractivity contribution is 0.157. The molecule has 3 heterocycles. The average molecular weight is 346 g/mol. The van der Waals surface area contributed by atoms with Gasteiger partial charge in [0.05, 0.1) is 18.2 Å². The van der Waals surface area contributed by atoms with Crippen LogP contribution in [0.15, 0.2) is 17.5 Å². The summed E-state index contributed by atoms with van der Waals surface area (Å²) in [6.07, 6.45) is 4.48. The lowest BCUT2D eigenvalue weighted by atomic mass is 10.1. The summed E-state index contributed by atoms with van der Waals surface area (Å²) in [4.78, 5) is 15.2. The number of aromatic nitrogens is 4. The lowest BCUT2D eigenvalue weighted by Gasteiger charge is -2.21. The highest BCUT2D eigenvalue weighted by Gasteiger charge is 2.24. The number of hydrogen-bond donors (Lipinski definition) is 2. The molecule has 2 aromatic heterocycles. The van der Waals surface area contributed by atoms with Crippen LogP contribution in [0.5, 0.6) is 0 Å². The van der Waals surface area contributed by atoms with Crippen molar-refractivity contribution in [3.63, 3.8) is 0 Å². The maximum Gasteiger partial charge on any atom is 0.193 e. The van der Waals surface area contributed by atoms with E-state index in [1.807, 2.05) is 14.1 Å². The molecule has 1 aliphatic rings. The molecule has 0 spiro atoms. The van der Waals surface area contributed by atoms with Gasteiger partial charge in [-0.2, -0.15) is 5.10 Å². The first kappa shape index (κ1) is 17.4. The topological polar surface area (TPSA) is 92.5 Å². The van der Waals surface area contributed by atoms with Gasteiger partial charge < -0.3 is 20.3 Å². The van der Waals surface area contributed by atoms with Gasteiger partial charge >= 0.3 is 0 Å². The van der Waals surface area contributed by atoms with Crippen LogP contribution in [-0.4, -0.2) is 77.6 Å². The molecular formula is C16H26N8O. The fraction of sp³-hybridized carbons (Fsp3) is 0.625. The Bertz CT molecular complexity index is 728. The summed E-state index contributed by atoms with van der Waals surface area (Å²) in [5.74, 6) is 2.33. The third kappa shape index (κ3) is 3.98. The monoisotopic (exact) mass is 346 g/mol. The summed E-state index contributed by atoms with van der Waals surface area (Å²) < 4.78 is 7.00. The molecule has 1 unspecified atom stereocenters. The Hall–Kier alpha value is -2.42. The van der Waals surface area contributed by atoms with Crippen molar-refractivity contribution in [3.8, 4) is 0 Å². The Morgan fingerprint density at radius 3 is 3.08 bits per heavy atom. The molecule has 0 saturated carbocycles. The Morgan fingerprint density at radius 1 is 1.40 bits per heavy atom. The van der Waals surface area contributed by atoms with Gasteiger partial charge in [-0.15, -0.1) is 0 Å². The van der Waals surface area contributed by atoms with Gasteiger partial charge in [0.25, 0.3) is 0 Å². The Morgan fingerprint density at radius 2 is 2.28 bits per heavy atom. The third-order valence-corrected chi connectivity index (χ3v) is 4.43. The standard InChI is InChI=1S/C16H26N8O/c1-17-16(24-7-4-12(9-24)10-25-3)19-6-5-18-14-13-8-22-23(2)15(13)21-11-20-14/h8,11-12H,4-7,9-10H2,1-3H3,(H,17,19)(H,18,20,21). The molecule has 0 amide bonds. The number of likely N-dealkylation sites (tertiary alicyclic amines) is 1. The second-order valence-corrected chi connectivity index (χ2v) is 6.18. The number of guanidine groups is 1. The molecular weight excluding hydrogens is 320 g/mol. The van der Waals surface area contributed by atoms with Gasteiger partial charge in [0.15, 0.2) is 11.6 Å². The molecule has 136 valence electrons. The van der Waals surface area contributed by atoms with Crippen LogP contribution < -0.4 is 10.6 Å². The Kier molecular flexibility index (Phi) is 5.64. The van der Waals surface area contributed by atoms with E-state index < -0.39 is 0 Å². The van der Waals surface area contributed by atoms with E-state index in [1.54, 1.807) is 24.3 Å². The normalized spacial score (nSPS) is 18.1. The maximum absolute atomic E-state index is 5.26. The van der Waals surface area contributed by atoms with Crippen molar-refractivity contribution in [2.75, 3.05) is 52.3 Å². The van der Waals surface area contributed by atoms with Crippen molar-refractivity contribution in [1.29, 1.82) is 0 Å². The zero-order valence-corrected chi connectivity index (χ0v) is 15.1. The van der Waals surface area contributed by atoms with E-state index in [2.05, 4.69) is 35.6 Å². The van der Waals surface area contributed by atoms with E-state index in [4.69, 9.17) is 4.74 Å². The van der Waals surface area contributed by atoms with Crippen LogP contribution in [0.25, 0.3) is 11.0 Å². The highest BCUT2D eigenvalue weighted by atomic mass is 16.5. The van der Waals surface area contributed by atoms with Crippen molar-refractivity contribution < 1.29 is 4.74 Å². The van der Waals surface area contributed by atoms with Crippen LogP contribution in [-0.2, 0) is 11.8 Å². The number of aliphatic imine (C=N–C) groups is 1. The van der Waals surface area contributed by atoms with Crippen LogP contribution in [0.3, 0.4) is 0 Å². The molecule has 1 atom stereocenters. The number of aryl methyl sites for hydroxylation is 1. The van der Waals surface area contributed by atoms with E-state index in [0.29, 0.717) is 5.92 Å². The summed E-state index contributed by atoms with van der Waals surface area (Å²) in [5, 5.41) is 11.9. The second kappa shape index (κ2) is 8.11. The molecule has 0 radical (unpaired) electrons. The van der Waals surface area contributed by atoms with E-state index in [0.717, 1.165) is 62.0 Å². The highest BCUT2D eigenvalue weighted by Crippen LogP contribution is 2.17. The minimum Gasteiger partial charge on any atom is -0.384 e. The smallest absolute Gasteiger partial charge is 0.193 e. The largest absolute Gasteiger partial charge is 0.384 e. The summed E-state index contributed by atoms with van der Waals surface area (Å²) in [7, 11) is 5.45. The van der Waals surface area contributed by atoms with Crippen LogP contribution in [0.4, 0.5) is 5.82 Å². The fourth-order valence-corrected chi connectivity index (χ4v) is 3.19. The number of nitrogens with zero attached hydrogens (tertiary/aromatic N) is 6. The molecule has 1 aliphatic heterocycles. The zero-order valence-electron chi connectivity index (χ0n) is 15.1. The summed E-state index contributed by atoms with van der Waals surface area (Å²) in [6.45, 7) is 4.30. The molecule has 0 bridgehead atoms. The van der Waals surface area contributed by atoms with Crippen LogP contribution in [0.1, 0.15) is 6.42 Å². The number of rotatable bonds is 6. The molecule has 2 aromatic rings. The van der Waals surface area contributed by atoms with Crippen LogP contribution >= 0.6 is 0 Å². The first-order valence-corrected chi connectivity index (χ1v) is 8.54. The Labute approximate surface area is 147 Å². The minimum atomic E-state index is 0.585. The van der Waals surface area contributed by atoms with Gasteiger partial charge in [0.2, 0.25) is 0 Å². The second-order valence-electron chi connectivity index (χ2n) is 6.18. The predicted octanol–water partition coefficient (Wildman–Crippen LogP) is 0.319. The molecule has 1 fully saturated rings. The predicted molar refractivity (Wildman–Crippen MR) is 97.7 cm³/mol. The van der Waals surface area contributed by atoms with Crippen molar-refractivity contribution in [1.82, 2.24) is 30.0 Å². The van der Waals surface area contributed by atoms with Crippen molar-refractivity contribution >= 4 is 22.8 Å². The first-order valence-electron chi connectivity index (χ1n) is 8.54. The first-order chi connectivity index (χ1) is 12.2. The lowest BCUT2D eigenvalue weighted by Crippen LogP contribution is -2.42. The number of fused-ring (bicyclic) bond motifs is 1. The van der Waals surface area contributed by atoms with Gasteiger partial charge in [-0.05, 0) is 6.42 Å². The molecule has 9 nitrogen and oxygen atoms in total. The summed E-state index contributed by atoms with van der Waals surface area (Å²) in [5.41, 5.74) is 0.822. The van der Waals surface area contributed by atoms with Crippen molar-refractivity contribution in [2.24, 2.45) is 18.0 Å². The average Bonchev–Trinajstić information content (AvgIpc) is 3.23. The molecule has 9 heteroatoms. The number of anilines is 1. The van der Waals surface area contributed by atoms with Crippen LogP contribution in [0.2, 0.25) is 0 Å². The van der Waals surface area contributed by atoms with Crippen LogP contribution in [0, 0.1) is 5.92 Å². The zero-order chi connectivity index (χ0) is 17.6. The van der Waals surface area contributed by atoms with Gasteiger partial charge in [-0.1, -0.05) is 0 Å². The van der Waals surface area contributed by atoms with Gasteiger partial charge in [0, 0.05) is 53.3 Å². The number of nitrogens with one attached hydrogen (secondary N) is 2. The SMILES string of the molecule is CN=C(NCCNc1ncnc2c1cnn2C)N1CCC(COC)C1. The molecule has 1 saturated heterocycles. The number of methoxy groups -OCH3 is 1. The third-order valence-electron chi connectivity index (χ3n) is 4.43. The number of ether oxygens (including phenoxy) is 1. The molecule has 2 N–H and O–H groups in total. The molecule has 0 aliphatic carbocycles. The molecule has 3 rings (SSSR count). The van der Waals surface area contributed by atoms with Gasteiger partial charge in [0.1, 0.15) is 12.1 Å². The quantitative estimate of drug-likeness (QED) is 0.442. The van der Waals surface area contributed by atoms with E-state index in [-0.39, 0.29) is 0 Å². The minimum absolute atomic E-state index is 0.585. The summed E-state index contributed by atoms with van der Waals surface area (Å²) in [6, 6.07) is 0. The van der Waals surface area contributed by atoms with E-state index in [1.165, 1.54) is 0 Å². The maximum atomic E-state index is 5.26. The Balaban J connectivity index is 1.49. The van der Waals surface area contributed by atoms with Gasteiger partial charge in [-0.25, -0.2) is 9.97 Å². The van der Waals surface area contributed by atoms with Crippen molar-refractivity contribution in [2.45, 2.75) is 6.42 Å². The number of hydrogen-bond acceptors (Lipinski definition) is 6. The molecule has 25 heavy (non-hydrogen) atoms. The van der Waals surface area contributed by atoms with E-state index >= 15 is 0 Å². The highest BCUT2D eigenvalue weighted by molar-refractivity contribution is 5.86. The van der Waals surface area contributed by atoms with Crippen molar-refractivity contribution in [3.05, 3.63) is 12.5 Å². The van der Waals surface area contributed by atoms with Gasteiger partial charge in [-0.3, -0.25) is 9.67 Å². The molecule has 0 aromatic carbocycles.